The lowest BCUT2D eigenvalue weighted by Crippen LogP contribution is -2.16. The van der Waals surface area contributed by atoms with E-state index in [1.54, 1.807) is 0 Å². The van der Waals surface area contributed by atoms with Crippen molar-refractivity contribution in [2.45, 2.75) is 65.4 Å². The summed E-state index contributed by atoms with van der Waals surface area (Å²) in [6.45, 7) is 6.16. The van der Waals surface area contributed by atoms with Crippen LogP contribution in [-0.2, 0) is 14.3 Å². The first-order valence-corrected chi connectivity index (χ1v) is 9.83. The molecule has 0 saturated carbocycles. The summed E-state index contributed by atoms with van der Waals surface area (Å²) in [5, 5.41) is 2.17. The quantitative estimate of drug-likeness (QED) is 0.307. The zero-order valence-corrected chi connectivity index (χ0v) is 16.6. The Hall–Kier alpha value is -2.36. The number of hydrogen-bond donors (Lipinski definition) is 0. The van der Waals surface area contributed by atoms with Gasteiger partial charge in [-0.15, -0.1) is 0 Å². The second kappa shape index (κ2) is 10.7. The summed E-state index contributed by atoms with van der Waals surface area (Å²) < 4.78 is 10.8. The van der Waals surface area contributed by atoms with Crippen LogP contribution in [0, 0.1) is 5.92 Å². The summed E-state index contributed by atoms with van der Waals surface area (Å²) in [5.41, 5.74) is 0. The topological polar surface area (TPSA) is 52.6 Å². The maximum Gasteiger partial charge on any atom is 0.311 e. The van der Waals surface area contributed by atoms with E-state index >= 15 is 0 Å². The van der Waals surface area contributed by atoms with Crippen molar-refractivity contribution in [3.05, 3.63) is 42.5 Å². The van der Waals surface area contributed by atoms with Crippen LogP contribution in [0.25, 0.3) is 10.8 Å². The molecule has 0 amide bonds. The number of esters is 2. The van der Waals surface area contributed by atoms with Crippen LogP contribution in [0.4, 0.5) is 0 Å². The number of ether oxygens (including phenoxy) is 2. The molecule has 1 unspecified atom stereocenters. The van der Waals surface area contributed by atoms with Crippen LogP contribution in [0.1, 0.15) is 59.3 Å². The molecule has 0 aliphatic heterocycles. The van der Waals surface area contributed by atoms with Gasteiger partial charge in [-0.25, -0.2) is 0 Å². The summed E-state index contributed by atoms with van der Waals surface area (Å²) in [6, 6.07) is 13.6. The Kier molecular flexibility index (Phi) is 8.31. The van der Waals surface area contributed by atoms with Gasteiger partial charge in [-0.3, -0.25) is 9.59 Å². The molecule has 0 bridgehead atoms. The number of benzene rings is 2. The van der Waals surface area contributed by atoms with Crippen LogP contribution in [0.2, 0.25) is 0 Å². The molecular weight excluding hydrogens is 340 g/mol. The van der Waals surface area contributed by atoms with Crippen molar-refractivity contribution < 1.29 is 19.1 Å². The van der Waals surface area contributed by atoms with Gasteiger partial charge in [-0.05, 0) is 55.0 Å². The number of unbranched alkanes of at least 4 members (excludes halogenated alkanes) is 2. The summed E-state index contributed by atoms with van der Waals surface area (Å²) in [6.07, 6.45) is 3.85. The molecule has 0 fully saturated rings. The molecule has 0 heterocycles. The Morgan fingerprint density at radius 2 is 1.52 bits per heavy atom. The lowest BCUT2D eigenvalue weighted by molar-refractivity contribution is -0.149. The van der Waals surface area contributed by atoms with E-state index in [0.717, 1.165) is 30.0 Å². The van der Waals surface area contributed by atoms with Gasteiger partial charge in [0.05, 0.1) is 6.10 Å². The van der Waals surface area contributed by atoms with Gasteiger partial charge in [0.1, 0.15) is 5.75 Å². The van der Waals surface area contributed by atoms with Gasteiger partial charge < -0.3 is 9.47 Å². The minimum absolute atomic E-state index is 0.0329. The Morgan fingerprint density at radius 3 is 2.22 bits per heavy atom. The van der Waals surface area contributed by atoms with E-state index in [1.807, 2.05) is 49.4 Å². The van der Waals surface area contributed by atoms with Crippen molar-refractivity contribution in [3.63, 3.8) is 0 Å². The van der Waals surface area contributed by atoms with Crippen molar-refractivity contribution in [1.82, 2.24) is 0 Å². The van der Waals surface area contributed by atoms with E-state index in [1.165, 1.54) is 0 Å². The molecule has 2 aromatic carbocycles. The average molecular weight is 370 g/mol. The Labute approximate surface area is 161 Å². The summed E-state index contributed by atoms with van der Waals surface area (Å²) in [4.78, 5) is 23.7. The summed E-state index contributed by atoms with van der Waals surface area (Å²) in [5.74, 6) is 0.697. The van der Waals surface area contributed by atoms with Crippen molar-refractivity contribution in [3.8, 4) is 5.75 Å². The third-order valence-corrected chi connectivity index (χ3v) is 4.35. The van der Waals surface area contributed by atoms with Crippen molar-refractivity contribution in [2.24, 2.45) is 5.92 Å². The Morgan fingerprint density at radius 1 is 0.852 bits per heavy atom. The summed E-state index contributed by atoms with van der Waals surface area (Å²) in [7, 11) is 0. The molecule has 0 aliphatic carbocycles. The number of rotatable bonds is 10. The van der Waals surface area contributed by atoms with Crippen LogP contribution in [0.5, 0.6) is 5.75 Å². The van der Waals surface area contributed by atoms with Gasteiger partial charge in [-0.1, -0.05) is 50.6 Å². The van der Waals surface area contributed by atoms with Crippen LogP contribution in [-0.4, -0.2) is 18.0 Å². The minimum Gasteiger partial charge on any atom is -0.463 e. The first kappa shape index (κ1) is 20.9. The van der Waals surface area contributed by atoms with Crippen LogP contribution in [0.3, 0.4) is 0 Å². The molecule has 0 spiro atoms. The SMILES string of the molecule is CC(C)CC(C)OC(=O)CCCCCC(=O)Oc1ccc2ccccc2c1. The highest BCUT2D eigenvalue weighted by atomic mass is 16.5. The average Bonchev–Trinajstić information content (AvgIpc) is 2.60. The molecule has 0 N–H and O–H groups in total. The first-order chi connectivity index (χ1) is 12.9. The van der Waals surface area contributed by atoms with E-state index in [4.69, 9.17) is 9.47 Å². The van der Waals surface area contributed by atoms with Gasteiger partial charge in [-0.2, -0.15) is 0 Å². The molecule has 2 rings (SSSR count). The molecule has 0 aromatic heterocycles. The Bertz CT molecular complexity index is 751. The van der Waals surface area contributed by atoms with E-state index < -0.39 is 0 Å². The predicted octanol–water partition coefficient (Wildman–Crippen LogP) is 5.67. The second-order valence-electron chi connectivity index (χ2n) is 7.47. The molecule has 4 nitrogen and oxygen atoms in total. The lowest BCUT2D eigenvalue weighted by atomic mass is 10.1. The van der Waals surface area contributed by atoms with Gasteiger partial charge in [0.15, 0.2) is 0 Å². The largest absolute Gasteiger partial charge is 0.463 e. The maximum atomic E-state index is 12.0. The van der Waals surface area contributed by atoms with Gasteiger partial charge in [0.2, 0.25) is 0 Å². The second-order valence-corrected chi connectivity index (χ2v) is 7.47. The molecule has 4 heteroatoms. The third-order valence-electron chi connectivity index (χ3n) is 4.35. The smallest absolute Gasteiger partial charge is 0.311 e. The fraction of sp³-hybridized carbons (Fsp3) is 0.478. The third kappa shape index (κ3) is 7.81. The standard InChI is InChI=1S/C23H30O4/c1-17(2)15-18(3)26-22(24)11-5-4-6-12-23(25)27-21-14-13-19-9-7-8-10-20(19)16-21/h7-10,13-14,16-18H,4-6,11-12,15H2,1-3H3. The van der Waals surface area contributed by atoms with E-state index in [9.17, 15) is 9.59 Å². The van der Waals surface area contributed by atoms with Gasteiger partial charge >= 0.3 is 11.9 Å². The number of hydrogen-bond acceptors (Lipinski definition) is 4. The molecule has 0 saturated heterocycles. The van der Waals surface area contributed by atoms with Crippen LogP contribution < -0.4 is 4.74 Å². The van der Waals surface area contributed by atoms with Crippen molar-refractivity contribution in [1.29, 1.82) is 0 Å². The molecule has 0 aliphatic rings. The zero-order valence-electron chi connectivity index (χ0n) is 16.6. The number of fused-ring (bicyclic) bond motifs is 1. The highest BCUT2D eigenvalue weighted by Crippen LogP contribution is 2.21. The molecule has 146 valence electrons. The van der Waals surface area contributed by atoms with Crippen LogP contribution in [0.15, 0.2) is 42.5 Å². The Balaban J connectivity index is 1.62. The van der Waals surface area contributed by atoms with Gasteiger partial charge in [0.25, 0.3) is 0 Å². The molecule has 0 radical (unpaired) electrons. The number of carbonyl (C=O) groups is 2. The predicted molar refractivity (Wildman–Crippen MR) is 108 cm³/mol. The minimum atomic E-state index is -0.238. The first-order valence-electron chi connectivity index (χ1n) is 9.83. The van der Waals surface area contributed by atoms with Crippen molar-refractivity contribution in [2.75, 3.05) is 0 Å². The maximum absolute atomic E-state index is 12.0. The summed E-state index contributed by atoms with van der Waals surface area (Å²) >= 11 is 0. The molecule has 1 atom stereocenters. The van der Waals surface area contributed by atoms with E-state index in [-0.39, 0.29) is 18.0 Å². The lowest BCUT2D eigenvalue weighted by Gasteiger charge is -2.15. The van der Waals surface area contributed by atoms with Crippen LogP contribution >= 0.6 is 0 Å². The van der Waals surface area contributed by atoms with E-state index in [0.29, 0.717) is 30.9 Å². The molecule has 2 aromatic rings. The fourth-order valence-electron chi connectivity index (χ4n) is 3.12. The molecular formula is C23H30O4. The van der Waals surface area contributed by atoms with E-state index in [2.05, 4.69) is 13.8 Å². The fourth-order valence-corrected chi connectivity index (χ4v) is 3.12. The van der Waals surface area contributed by atoms with Gasteiger partial charge in [0, 0.05) is 12.8 Å². The highest BCUT2D eigenvalue weighted by molar-refractivity contribution is 5.84. The molecule has 27 heavy (non-hydrogen) atoms. The monoisotopic (exact) mass is 370 g/mol. The number of carbonyl (C=O) groups excluding carboxylic acids is 2. The normalized spacial score (nSPS) is 12.1. The zero-order chi connectivity index (χ0) is 19.6. The van der Waals surface area contributed by atoms with Crippen molar-refractivity contribution >= 4 is 22.7 Å². The highest BCUT2D eigenvalue weighted by Gasteiger charge is 2.11.